The van der Waals surface area contributed by atoms with Crippen LogP contribution in [0.25, 0.3) is 0 Å². The van der Waals surface area contributed by atoms with E-state index in [9.17, 15) is 0 Å². The molecule has 15 heavy (non-hydrogen) atoms. The summed E-state index contributed by atoms with van der Waals surface area (Å²) in [6, 6.07) is 0. The van der Waals surface area contributed by atoms with E-state index >= 15 is 0 Å². The van der Waals surface area contributed by atoms with Gasteiger partial charge in [-0.2, -0.15) is 12.2 Å². The van der Waals surface area contributed by atoms with E-state index in [1.807, 2.05) is 12.2 Å². The molecule has 0 aromatic heterocycles. The predicted molar refractivity (Wildman–Crippen MR) is 66.9 cm³/mol. The van der Waals surface area contributed by atoms with Crippen LogP contribution in [0.5, 0.6) is 0 Å². The third-order valence-electron chi connectivity index (χ3n) is 1.95. The Hall–Kier alpha value is 0.423. The smallest absolute Gasteiger partial charge is 0.273 e. The standard InChI is InChI=1S/C7H9.C5H5.2ClH.Zr/c1-6-4-3-5-7(6)2;1-2-4-5-3-1;;;/h4H,3H2,1-2H3;1-3H,4H2;2*1H;/q2*-1;;;+2. The molecule has 0 amide bonds. The molecule has 0 spiro atoms. The fourth-order valence-corrected chi connectivity index (χ4v) is 0.990. The van der Waals surface area contributed by atoms with Crippen molar-refractivity contribution in [1.29, 1.82) is 0 Å². The average molecular weight is 322 g/mol. The van der Waals surface area contributed by atoms with Crippen LogP contribution in [0.15, 0.2) is 35.5 Å². The number of rotatable bonds is 0. The molecule has 0 N–H and O–H groups in total. The van der Waals surface area contributed by atoms with E-state index in [0.717, 1.165) is 12.8 Å². The van der Waals surface area contributed by atoms with Crippen molar-refractivity contribution in [3.05, 3.63) is 47.6 Å². The van der Waals surface area contributed by atoms with Gasteiger partial charge < -0.3 is 0 Å². The first-order chi connectivity index (χ1) is 5.80. The predicted octanol–water partition coefficient (Wildman–Crippen LogP) is 4.23. The molecule has 82 valence electrons. The van der Waals surface area contributed by atoms with E-state index in [1.165, 1.54) is 11.1 Å². The van der Waals surface area contributed by atoms with Gasteiger partial charge in [0.25, 0.3) is 0 Å². The zero-order valence-corrected chi connectivity index (χ0v) is 13.1. The minimum absolute atomic E-state index is 0. The van der Waals surface area contributed by atoms with Gasteiger partial charge >= 0.3 is 26.2 Å². The van der Waals surface area contributed by atoms with E-state index < -0.39 is 0 Å². The van der Waals surface area contributed by atoms with Crippen LogP contribution in [-0.4, -0.2) is 0 Å². The van der Waals surface area contributed by atoms with Gasteiger partial charge in [0.15, 0.2) is 0 Å². The Balaban J connectivity index is -0.000000165. The Kier molecular flexibility index (Phi) is 17.3. The fraction of sp³-hybridized carbons (Fsp3) is 0.333. The third-order valence-corrected chi connectivity index (χ3v) is 1.95. The van der Waals surface area contributed by atoms with Crippen molar-refractivity contribution in [3.8, 4) is 0 Å². The van der Waals surface area contributed by atoms with Crippen molar-refractivity contribution in [2.45, 2.75) is 26.7 Å². The first-order valence-electron chi connectivity index (χ1n) is 4.27. The van der Waals surface area contributed by atoms with Crippen LogP contribution in [0.4, 0.5) is 0 Å². The Morgan fingerprint density at radius 1 is 1.13 bits per heavy atom. The summed E-state index contributed by atoms with van der Waals surface area (Å²) in [5.74, 6) is 0. The Morgan fingerprint density at radius 3 is 1.93 bits per heavy atom. The van der Waals surface area contributed by atoms with Gasteiger partial charge in [-0.25, -0.2) is 23.3 Å². The van der Waals surface area contributed by atoms with Gasteiger partial charge in [0.1, 0.15) is 0 Å². The molecule has 0 aromatic rings. The largest absolute Gasteiger partial charge is 2.00 e. The van der Waals surface area contributed by atoms with E-state index in [-0.39, 0.29) is 51.0 Å². The van der Waals surface area contributed by atoms with Crippen LogP contribution in [0.2, 0.25) is 0 Å². The van der Waals surface area contributed by atoms with E-state index in [0.29, 0.717) is 0 Å². The normalized spacial score (nSPS) is 14.8. The zero-order chi connectivity index (χ0) is 8.81. The van der Waals surface area contributed by atoms with E-state index in [4.69, 9.17) is 0 Å². The van der Waals surface area contributed by atoms with Crippen molar-refractivity contribution in [2.75, 3.05) is 0 Å². The van der Waals surface area contributed by atoms with Gasteiger partial charge in [-0.15, -0.1) is 44.6 Å². The molecule has 2 aliphatic carbocycles. The Bertz CT molecular complexity index is 237. The van der Waals surface area contributed by atoms with Gasteiger partial charge in [0.05, 0.1) is 0 Å². The van der Waals surface area contributed by atoms with Crippen LogP contribution in [0.1, 0.15) is 26.7 Å². The second-order valence-corrected chi connectivity index (χ2v) is 2.90. The maximum Gasteiger partial charge on any atom is 2.00 e. The van der Waals surface area contributed by atoms with Crippen LogP contribution < -0.4 is 0 Å². The fourth-order valence-electron chi connectivity index (χ4n) is 0.990. The minimum Gasteiger partial charge on any atom is -0.273 e. The summed E-state index contributed by atoms with van der Waals surface area (Å²) in [5, 5.41) is 0. The van der Waals surface area contributed by atoms with Crippen molar-refractivity contribution in [2.24, 2.45) is 0 Å². The van der Waals surface area contributed by atoms with Crippen LogP contribution in [0, 0.1) is 12.2 Å². The molecular formula is C12H16Cl2Zr. The molecule has 0 atom stereocenters. The summed E-state index contributed by atoms with van der Waals surface area (Å²) in [4.78, 5) is 0. The average Bonchev–Trinajstić information content (AvgIpc) is 2.67. The minimum atomic E-state index is 0. The van der Waals surface area contributed by atoms with Crippen LogP contribution in [-0.2, 0) is 26.2 Å². The molecule has 0 nitrogen and oxygen atoms in total. The number of hydrogen-bond donors (Lipinski definition) is 0. The SMILES string of the molecule is CC1=[C-]CC=C1C.Cl.Cl.[C-]1=CC=CC1.[Zr+2]. The molecule has 0 radical (unpaired) electrons. The molecule has 0 bridgehead atoms. The molecule has 2 rings (SSSR count). The molecular weight excluding hydrogens is 306 g/mol. The van der Waals surface area contributed by atoms with Crippen molar-refractivity contribution in [1.82, 2.24) is 0 Å². The van der Waals surface area contributed by atoms with Crippen LogP contribution in [0.3, 0.4) is 0 Å². The summed E-state index contributed by atoms with van der Waals surface area (Å²) in [6.07, 6.45) is 16.4. The second kappa shape index (κ2) is 12.5. The molecule has 0 aliphatic heterocycles. The number of allylic oxidation sites excluding steroid dienone is 8. The molecule has 0 saturated heterocycles. The summed E-state index contributed by atoms with van der Waals surface area (Å²) in [7, 11) is 0. The third kappa shape index (κ3) is 9.36. The van der Waals surface area contributed by atoms with Crippen molar-refractivity contribution >= 4 is 24.8 Å². The summed E-state index contributed by atoms with van der Waals surface area (Å²) >= 11 is 0. The van der Waals surface area contributed by atoms with Crippen molar-refractivity contribution < 1.29 is 26.2 Å². The molecule has 0 heterocycles. The first-order valence-corrected chi connectivity index (χ1v) is 4.27. The maximum atomic E-state index is 3.19. The first kappa shape index (κ1) is 20.8. The summed E-state index contributed by atoms with van der Waals surface area (Å²) in [5.41, 5.74) is 2.71. The van der Waals surface area contributed by atoms with Gasteiger partial charge in [-0.3, -0.25) is 12.2 Å². The summed E-state index contributed by atoms with van der Waals surface area (Å²) < 4.78 is 0. The van der Waals surface area contributed by atoms with Gasteiger partial charge in [0, 0.05) is 0 Å². The molecule has 0 aromatic carbocycles. The Labute approximate surface area is 125 Å². The van der Waals surface area contributed by atoms with Gasteiger partial charge in [-0.1, -0.05) is 6.92 Å². The van der Waals surface area contributed by atoms with E-state index in [2.05, 4.69) is 38.2 Å². The van der Waals surface area contributed by atoms with Gasteiger partial charge in [0.2, 0.25) is 0 Å². The number of hydrogen-bond acceptors (Lipinski definition) is 0. The molecule has 0 unspecified atom stereocenters. The van der Waals surface area contributed by atoms with E-state index in [1.54, 1.807) is 0 Å². The van der Waals surface area contributed by atoms with Gasteiger partial charge in [-0.05, 0) is 0 Å². The zero-order valence-electron chi connectivity index (χ0n) is 9.04. The molecule has 0 fully saturated rings. The Morgan fingerprint density at radius 2 is 1.80 bits per heavy atom. The van der Waals surface area contributed by atoms with Crippen molar-refractivity contribution in [3.63, 3.8) is 0 Å². The molecule has 2 aliphatic rings. The maximum absolute atomic E-state index is 3.19. The molecule has 3 heteroatoms. The second-order valence-electron chi connectivity index (χ2n) is 2.90. The monoisotopic (exact) mass is 320 g/mol. The topological polar surface area (TPSA) is 0 Å². The van der Waals surface area contributed by atoms with Crippen LogP contribution >= 0.6 is 24.8 Å². The quantitative estimate of drug-likeness (QED) is 0.585. The summed E-state index contributed by atoms with van der Waals surface area (Å²) in [6.45, 7) is 4.22. The number of halogens is 2. The molecule has 0 saturated carbocycles.